The molecular formula is C34H31N3O7. The molecular weight excluding hydrogens is 562 g/mol. The highest BCUT2D eigenvalue weighted by atomic mass is 16.5. The Labute approximate surface area is 253 Å². The molecule has 10 heteroatoms. The molecule has 2 heterocycles. The number of carbonyl (C=O) groups excluding carboxylic acids is 4. The number of phenolic OH excluding ortho intramolecular Hbond substituents is 1. The quantitative estimate of drug-likeness (QED) is 0.229. The van der Waals surface area contributed by atoms with E-state index in [1.54, 1.807) is 42.5 Å². The molecule has 44 heavy (non-hydrogen) atoms. The number of nitrogens with zero attached hydrogens (tertiary/aromatic N) is 2. The van der Waals surface area contributed by atoms with Gasteiger partial charge in [0.1, 0.15) is 0 Å². The van der Waals surface area contributed by atoms with Crippen molar-refractivity contribution in [2.24, 2.45) is 23.7 Å². The maximum absolute atomic E-state index is 15.0. The molecule has 3 aromatic rings. The van der Waals surface area contributed by atoms with Gasteiger partial charge in [-0.25, -0.2) is 0 Å². The number of phenols is 1. The van der Waals surface area contributed by atoms with Gasteiger partial charge in [-0.3, -0.25) is 29.8 Å². The van der Waals surface area contributed by atoms with Crippen LogP contribution in [0.15, 0.2) is 84.4 Å². The van der Waals surface area contributed by atoms with Crippen LogP contribution in [-0.4, -0.2) is 51.1 Å². The molecule has 2 aliphatic carbocycles. The molecule has 224 valence electrons. The molecule has 0 aromatic heterocycles. The van der Waals surface area contributed by atoms with Gasteiger partial charge in [-0.15, -0.1) is 0 Å². The summed E-state index contributed by atoms with van der Waals surface area (Å²) in [6.07, 6.45) is 2.11. The van der Waals surface area contributed by atoms with Crippen LogP contribution in [0.3, 0.4) is 0 Å². The first-order valence-corrected chi connectivity index (χ1v) is 14.6. The van der Waals surface area contributed by atoms with Crippen LogP contribution in [0.1, 0.15) is 35.4 Å². The lowest BCUT2D eigenvalue weighted by atomic mass is 9.49. The van der Waals surface area contributed by atoms with E-state index in [0.29, 0.717) is 22.4 Å². The SMILES string of the molecule is COc1cccc(C2C3=CCC4C(=O)N(O)C(=O)C4C3CC3C(=O)N(Nc4ccc(C)cc4)C(=O)C32c2ccccc2)c1O. The van der Waals surface area contributed by atoms with Crippen molar-refractivity contribution in [2.45, 2.75) is 31.1 Å². The van der Waals surface area contributed by atoms with Crippen molar-refractivity contribution in [3.05, 3.63) is 101 Å². The number of nitrogens with one attached hydrogen (secondary N) is 1. The van der Waals surface area contributed by atoms with Crippen molar-refractivity contribution in [3.8, 4) is 11.5 Å². The van der Waals surface area contributed by atoms with Crippen LogP contribution in [0.4, 0.5) is 5.69 Å². The second-order valence-electron chi connectivity index (χ2n) is 12.0. The fraction of sp³-hybridized carbons (Fsp3) is 0.294. The van der Waals surface area contributed by atoms with Crippen molar-refractivity contribution >= 4 is 29.3 Å². The lowest BCUT2D eigenvalue weighted by molar-refractivity contribution is -0.173. The van der Waals surface area contributed by atoms with E-state index in [4.69, 9.17) is 4.74 Å². The topological polar surface area (TPSA) is 136 Å². The number of imide groups is 2. The Morgan fingerprint density at radius 3 is 2.32 bits per heavy atom. The molecule has 0 spiro atoms. The van der Waals surface area contributed by atoms with E-state index in [2.05, 4.69) is 5.43 Å². The van der Waals surface area contributed by atoms with Gasteiger partial charge in [0.05, 0.1) is 36.0 Å². The molecule has 0 radical (unpaired) electrons. The van der Waals surface area contributed by atoms with E-state index < -0.39 is 58.6 Å². The summed E-state index contributed by atoms with van der Waals surface area (Å²) in [6, 6.07) is 21.4. The molecule has 4 aliphatic rings. The normalized spacial score (nSPS) is 29.2. The maximum Gasteiger partial charge on any atom is 0.260 e. The number of hydrogen-bond donors (Lipinski definition) is 3. The third kappa shape index (κ3) is 3.70. The van der Waals surface area contributed by atoms with Gasteiger partial charge in [-0.1, -0.05) is 71.8 Å². The van der Waals surface area contributed by atoms with Gasteiger partial charge >= 0.3 is 0 Å². The summed E-state index contributed by atoms with van der Waals surface area (Å²) in [4.78, 5) is 55.7. The van der Waals surface area contributed by atoms with Gasteiger partial charge in [0, 0.05) is 11.5 Å². The zero-order chi connectivity index (χ0) is 30.9. The number of hydrogen-bond acceptors (Lipinski definition) is 8. The largest absolute Gasteiger partial charge is 0.504 e. The Morgan fingerprint density at radius 2 is 1.61 bits per heavy atom. The third-order valence-corrected chi connectivity index (χ3v) is 9.93. The second kappa shape index (κ2) is 10.1. The number of aromatic hydroxyl groups is 1. The first-order valence-electron chi connectivity index (χ1n) is 14.6. The van der Waals surface area contributed by atoms with E-state index in [9.17, 15) is 29.5 Å². The lowest BCUT2D eigenvalue weighted by Gasteiger charge is -2.50. The Hall–Kier alpha value is -4.96. The molecule has 3 N–H and O–H groups in total. The summed E-state index contributed by atoms with van der Waals surface area (Å²) in [6.45, 7) is 1.94. The molecule has 2 saturated heterocycles. The molecule has 10 nitrogen and oxygen atoms in total. The molecule has 4 amide bonds. The number of rotatable bonds is 5. The number of benzene rings is 3. The molecule has 6 atom stereocenters. The van der Waals surface area contributed by atoms with Gasteiger partial charge < -0.3 is 9.84 Å². The monoisotopic (exact) mass is 593 g/mol. The highest BCUT2D eigenvalue weighted by Crippen LogP contribution is 2.65. The van der Waals surface area contributed by atoms with Crippen LogP contribution < -0.4 is 10.2 Å². The van der Waals surface area contributed by atoms with E-state index in [-0.39, 0.29) is 29.4 Å². The fourth-order valence-electron chi connectivity index (χ4n) is 8.01. The van der Waals surface area contributed by atoms with Gasteiger partial charge in [-0.2, -0.15) is 10.1 Å². The van der Waals surface area contributed by atoms with E-state index >= 15 is 0 Å². The standard InChI is InChI=1S/C34H31N3O7/c1-18-11-13-20(14-12-18)35-36-31(40)25-17-24-21(15-16-22-27(24)32(41)37(43)30(22)39)28(23-9-6-10-26(44-2)29(23)38)34(25,33(36)42)19-7-4-3-5-8-19/h3-15,22,24-25,27-28,35,38,43H,16-17H2,1-2H3. The first kappa shape index (κ1) is 27.8. The molecule has 3 aromatic carbocycles. The minimum absolute atomic E-state index is 0.0899. The van der Waals surface area contributed by atoms with Crippen molar-refractivity contribution in [1.29, 1.82) is 0 Å². The van der Waals surface area contributed by atoms with E-state index in [1.165, 1.54) is 7.11 Å². The highest BCUT2D eigenvalue weighted by molar-refractivity contribution is 6.13. The Kier molecular flexibility index (Phi) is 6.36. The molecule has 3 fully saturated rings. The number of aryl methyl sites for hydroxylation is 1. The number of methoxy groups -OCH3 is 1. The minimum atomic E-state index is -1.51. The van der Waals surface area contributed by atoms with Crippen LogP contribution >= 0.6 is 0 Å². The number of anilines is 1. The van der Waals surface area contributed by atoms with E-state index in [1.807, 2.05) is 43.3 Å². The van der Waals surface area contributed by atoms with Gasteiger partial charge in [0.25, 0.3) is 23.6 Å². The van der Waals surface area contributed by atoms with Crippen molar-refractivity contribution in [2.75, 3.05) is 12.5 Å². The zero-order valence-corrected chi connectivity index (χ0v) is 24.1. The minimum Gasteiger partial charge on any atom is -0.504 e. The number of amides is 4. The summed E-state index contributed by atoms with van der Waals surface area (Å²) < 4.78 is 5.45. The Morgan fingerprint density at radius 1 is 0.886 bits per heavy atom. The summed E-state index contributed by atoms with van der Waals surface area (Å²) in [5.41, 5.74) is 4.70. The van der Waals surface area contributed by atoms with Gasteiger partial charge in [0.15, 0.2) is 11.5 Å². The van der Waals surface area contributed by atoms with Gasteiger partial charge in [0.2, 0.25) is 0 Å². The summed E-state index contributed by atoms with van der Waals surface area (Å²) in [5.74, 6) is -6.55. The van der Waals surface area contributed by atoms with Crippen LogP contribution in [0, 0.1) is 30.6 Å². The number of allylic oxidation sites excluding steroid dienone is 2. The molecule has 1 saturated carbocycles. The number of carbonyl (C=O) groups is 4. The Balaban J connectivity index is 1.49. The smallest absolute Gasteiger partial charge is 0.260 e. The van der Waals surface area contributed by atoms with Crippen LogP contribution in [0.5, 0.6) is 11.5 Å². The summed E-state index contributed by atoms with van der Waals surface area (Å²) in [5, 5.41) is 23.2. The number of fused-ring (bicyclic) bond motifs is 4. The summed E-state index contributed by atoms with van der Waals surface area (Å²) in [7, 11) is 1.43. The highest BCUT2D eigenvalue weighted by Gasteiger charge is 2.70. The fourth-order valence-corrected chi connectivity index (χ4v) is 8.01. The molecule has 6 unspecified atom stereocenters. The van der Waals surface area contributed by atoms with Crippen molar-refractivity contribution in [3.63, 3.8) is 0 Å². The Bertz CT molecular complexity index is 1740. The third-order valence-electron chi connectivity index (χ3n) is 9.93. The molecule has 0 bridgehead atoms. The van der Waals surface area contributed by atoms with Crippen LogP contribution in [0.25, 0.3) is 0 Å². The second-order valence-corrected chi connectivity index (χ2v) is 12.0. The average Bonchev–Trinajstić information content (AvgIpc) is 3.39. The van der Waals surface area contributed by atoms with Crippen LogP contribution in [0.2, 0.25) is 0 Å². The number of hydrazine groups is 1. The van der Waals surface area contributed by atoms with Crippen molar-refractivity contribution < 1.29 is 34.2 Å². The molecule has 7 rings (SSSR count). The number of para-hydroxylation sites is 1. The number of hydroxylamine groups is 2. The average molecular weight is 594 g/mol. The van der Waals surface area contributed by atoms with Gasteiger partial charge in [-0.05, 0) is 49.4 Å². The zero-order valence-electron chi connectivity index (χ0n) is 24.1. The number of ether oxygens (including phenoxy) is 1. The predicted octanol–water partition coefficient (Wildman–Crippen LogP) is 4.08. The predicted molar refractivity (Wildman–Crippen MR) is 157 cm³/mol. The van der Waals surface area contributed by atoms with Crippen LogP contribution in [-0.2, 0) is 24.6 Å². The molecule has 2 aliphatic heterocycles. The first-order chi connectivity index (χ1) is 21.2. The van der Waals surface area contributed by atoms with E-state index in [0.717, 1.165) is 10.6 Å². The lowest BCUT2D eigenvalue weighted by Crippen LogP contribution is -2.53. The summed E-state index contributed by atoms with van der Waals surface area (Å²) >= 11 is 0. The maximum atomic E-state index is 15.0. The van der Waals surface area contributed by atoms with Crippen molar-refractivity contribution in [1.82, 2.24) is 10.1 Å².